The van der Waals surface area contributed by atoms with Crippen LogP contribution in [0.15, 0.2) is 21.5 Å². The molecule has 24 heavy (non-hydrogen) atoms. The predicted octanol–water partition coefficient (Wildman–Crippen LogP) is 1.70. The molecule has 3 heterocycles. The van der Waals surface area contributed by atoms with Crippen molar-refractivity contribution < 1.29 is 23.5 Å². The Morgan fingerprint density at radius 3 is 2.79 bits per heavy atom. The first-order valence-corrected chi connectivity index (χ1v) is 7.91. The van der Waals surface area contributed by atoms with Gasteiger partial charge in [0.2, 0.25) is 0 Å². The molecule has 3 rings (SSSR count). The van der Waals surface area contributed by atoms with Gasteiger partial charge in [0, 0.05) is 25.3 Å². The molecular formula is C14H13N3O5S2. The summed E-state index contributed by atoms with van der Waals surface area (Å²) in [4.78, 5) is 24.1. The van der Waals surface area contributed by atoms with Crippen LogP contribution in [0, 0.1) is 0 Å². The first kappa shape index (κ1) is 16.7. The maximum Gasteiger partial charge on any atom is 0.354 e. The number of amides is 1. The van der Waals surface area contributed by atoms with Crippen LogP contribution < -0.4 is 5.84 Å². The second kappa shape index (κ2) is 6.40. The highest BCUT2D eigenvalue weighted by Gasteiger charge is 2.30. The number of hydrogen-bond donors (Lipinski definition) is 1. The molecule has 0 radical (unpaired) electrons. The molecule has 0 bridgehead atoms. The number of thioether (sulfide) groups is 1. The molecule has 0 spiro atoms. The Morgan fingerprint density at radius 1 is 1.46 bits per heavy atom. The van der Waals surface area contributed by atoms with Gasteiger partial charge in [-0.3, -0.25) is 4.79 Å². The lowest BCUT2D eigenvalue weighted by atomic mass is 10.3. The van der Waals surface area contributed by atoms with E-state index in [0.717, 1.165) is 16.8 Å². The maximum atomic E-state index is 11.9. The molecule has 10 heteroatoms. The molecule has 0 atom stereocenters. The number of ether oxygens (including phenoxy) is 2. The number of fused-ring (bicyclic) bond motifs is 1. The van der Waals surface area contributed by atoms with Crippen molar-refractivity contribution in [3.05, 3.63) is 28.5 Å². The third-order valence-corrected chi connectivity index (χ3v) is 4.69. The lowest BCUT2D eigenvalue weighted by Gasteiger charge is -2.06. The topological polar surface area (TPSA) is 99.9 Å². The predicted molar refractivity (Wildman–Crippen MR) is 91.8 cm³/mol. The Balaban J connectivity index is 2.02. The summed E-state index contributed by atoms with van der Waals surface area (Å²) in [5.41, 5.74) is 1.43. The Morgan fingerprint density at radius 2 is 2.21 bits per heavy atom. The number of carbonyl (C=O) groups is 2. The van der Waals surface area contributed by atoms with E-state index < -0.39 is 5.97 Å². The van der Waals surface area contributed by atoms with E-state index in [0.29, 0.717) is 27.5 Å². The average Bonchev–Trinajstić information content (AvgIpc) is 3.17. The van der Waals surface area contributed by atoms with Gasteiger partial charge in [0.05, 0.1) is 17.5 Å². The lowest BCUT2D eigenvalue weighted by molar-refractivity contribution is -0.122. The van der Waals surface area contributed by atoms with Crippen LogP contribution in [0.2, 0.25) is 0 Å². The maximum absolute atomic E-state index is 11.9. The number of hydrogen-bond acceptors (Lipinski definition) is 8. The molecule has 2 aromatic rings. The summed E-state index contributed by atoms with van der Waals surface area (Å²) in [6.45, 7) is 0.151. The molecule has 1 fully saturated rings. The molecular weight excluding hydrogens is 354 g/mol. The normalized spacial score (nSPS) is 16.6. The van der Waals surface area contributed by atoms with Crippen LogP contribution in [0.5, 0.6) is 0 Å². The molecule has 0 unspecified atom stereocenters. The zero-order chi connectivity index (χ0) is 17.4. The van der Waals surface area contributed by atoms with E-state index in [2.05, 4.69) is 0 Å². The van der Waals surface area contributed by atoms with Crippen LogP contribution in [-0.2, 0) is 21.0 Å². The number of nitrogens with zero attached hydrogens (tertiary/aromatic N) is 2. The van der Waals surface area contributed by atoms with Gasteiger partial charge in [-0.25, -0.2) is 15.6 Å². The smallest absolute Gasteiger partial charge is 0.354 e. The van der Waals surface area contributed by atoms with Crippen molar-refractivity contribution in [2.45, 2.75) is 6.73 Å². The molecule has 0 aliphatic carbocycles. The van der Waals surface area contributed by atoms with Gasteiger partial charge >= 0.3 is 5.97 Å². The average molecular weight is 367 g/mol. The Kier molecular flexibility index (Phi) is 4.45. The number of thiocarbonyl (C=S) groups is 1. The van der Waals surface area contributed by atoms with Crippen molar-refractivity contribution >= 4 is 57.4 Å². The highest BCUT2D eigenvalue weighted by molar-refractivity contribution is 8.26. The molecule has 1 aliphatic heterocycles. The highest BCUT2D eigenvalue weighted by atomic mass is 32.2. The van der Waals surface area contributed by atoms with Crippen molar-refractivity contribution in [3.8, 4) is 0 Å². The lowest BCUT2D eigenvalue weighted by Crippen LogP contribution is -2.34. The number of nitrogens with two attached hydrogens (primary N) is 1. The summed E-state index contributed by atoms with van der Waals surface area (Å²) in [6, 6.07) is 3.26. The molecule has 8 nitrogen and oxygen atoms in total. The molecule has 0 saturated carbocycles. The number of methoxy groups -OCH3 is 2. The van der Waals surface area contributed by atoms with Crippen molar-refractivity contribution in [3.63, 3.8) is 0 Å². The van der Waals surface area contributed by atoms with Gasteiger partial charge < -0.3 is 18.5 Å². The van der Waals surface area contributed by atoms with Gasteiger partial charge in [-0.2, -0.15) is 0 Å². The zero-order valence-corrected chi connectivity index (χ0v) is 14.4. The minimum atomic E-state index is -0.496. The number of esters is 1. The quantitative estimate of drug-likeness (QED) is 0.287. The van der Waals surface area contributed by atoms with E-state index in [1.807, 2.05) is 0 Å². The number of aromatic nitrogens is 1. The van der Waals surface area contributed by atoms with Crippen LogP contribution >= 0.6 is 24.0 Å². The number of rotatable bonds is 4. The molecule has 126 valence electrons. The first-order valence-electron chi connectivity index (χ1n) is 6.69. The molecule has 2 aromatic heterocycles. The fourth-order valence-electron chi connectivity index (χ4n) is 2.28. The van der Waals surface area contributed by atoms with Gasteiger partial charge in [-0.1, -0.05) is 24.0 Å². The largest absolute Gasteiger partial charge is 0.464 e. The number of carbonyl (C=O) groups excluding carboxylic acids is 2. The van der Waals surface area contributed by atoms with E-state index in [9.17, 15) is 9.59 Å². The Hall–Kier alpha value is -2.14. The third kappa shape index (κ3) is 2.73. The summed E-state index contributed by atoms with van der Waals surface area (Å²) in [6.07, 6.45) is 1.56. The standard InChI is InChI=1S/C14H13N3O5S2/c1-20-6-16-8-3-7(4-11-12(18)17(15)14(23)24-11)22-10(8)5-9(16)13(19)21-2/h3-5H,6,15H2,1-2H3/b11-4+. The summed E-state index contributed by atoms with van der Waals surface area (Å²) < 4.78 is 17.4. The first-order chi connectivity index (χ1) is 11.5. The molecule has 1 aliphatic rings. The van der Waals surface area contributed by atoms with E-state index >= 15 is 0 Å². The molecule has 0 aromatic carbocycles. The summed E-state index contributed by atoms with van der Waals surface area (Å²) in [7, 11) is 2.81. The van der Waals surface area contributed by atoms with Crippen LogP contribution in [-0.4, -0.2) is 40.0 Å². The highest BCUT2D eigenvalue weighted by Crippen LogP contribution is 2.32. The van der Waals surface area contributed by atoms with Gasteiger partial charge in [0.15, 0.2) is 9.90 Å². The minimum Gasteiger partial charge on any atom is -0.464 e. The van der Waals surface area contributed by atoms with E-state index in [1.165, 1.54) is 14.2 Å². The molecule has 2 N–H and O–H groups in total. The van der Waals surface area contributed by atoms with Crippen LogP contribution in [0.3, 0.4) is 0 Å². The van der Waals surface area contributed by atoms with Crippen molar-refractivity contribution in [2.75, 3.05) is 14.2 Å². The summed E-state index contributed by atoms with van der Waals surface area (Å²) in [5.74, 6) is 5.09. The zero-order valence-electron chi connectivity index (χ0n) is 12.8. The number of furan rings is 1. The van der Waals surface area contributed by atoms with Crippen molar-refractivity contribution in [1.82, 2.24) is 9.58 Å². The monoisotopic (exact) mass is 367 g/mol. The van der Waals surface area contributed by atoms with Crippen LogP contribution in [0.25, 0.3) is 17.2 Å². The van der Waals surface area contributed by atoms with E-state index in [-0.39, 0.29) is 17.0 Å². The molecule has 1 saturated heterocycles. The Labute approximate surface area is 146 Å². The molecule has 1 amide bonds. The van der Waals surface area contributed by atoms with E-state index in [4.69, 9.17) is 32.0 Å². The summed E-state index contributed by atoms with van der Waals surface area (Å²) in [5, 5.41) is 0.912. The van der Waals surface area contributed by atoms with Gasteiger partial charge in [0.25, 0.3) is 5.91 Å². The van der Waals surface area contributed by atoms with Crippen molar-refractivity contribution in [1.29, 1.82) is 0 Å². The van der Waals surface area contributed by atoms with Crippen LogP contribution in [0.4, 0.5) is 0 Å². The van der Waals surface area contributed by atoms with Crippen LogP contribution in [0.1, 0.15) is 16.2 Å². The summed E-state index contributed by atoms with van der Waals surface area (Å²) >= 11 is 6.07. The van der Waals surface area contributed by atoms with Crippen molar-refractivity contribution in [2.24, 2.45) is 5.84 Å². The second-order valence-electron chi connectivity index (χ2n) is 4.82. The fourth-order valence-corrected chi connectivity index (χ4v) is 3.37. The second-order valence-corrected chi connectivity index (χ2v) is 6.49. The van der Waals surface area contributed by atoms with Gasteiger partial charge in [-0.05, 0) is 0 Å². The number of hydrazine groups is 1. The fraction of sp³-hybridized carbons (Fsp3) is 0.214. The van der Waals surface area contributed by atoms with E-state index in [1.54, 1.807) is 22.8 Å². The van der Waals surface area contributed by atoms with Gasteiger partial charge in [0.1, 0.15) is 18.2 Å². The Bertz CT molecular complexity index is 882. The minimum absolute atomic E-state index is 0.151. The van der Waals surface area contributed by atoms with Gasteiger partial charge in [-0.15, -0.1) is 0 Å². The third-order valence-electron chi connectivity index (χ3n) is 3.36. The SMILES string of the molecule is COCn1c(C(=O)OC)cc2oc(/C=C3/SC(=S)N(N)C3=O)cc21.